The molecule has 0 aromatic heterocycles. The molecular weight excluding hydrogens is 797 g/mol. The molecule has 0 saturated carbocycles. The highest BCUT2D eigenvalue weighted by Crippen LogP contribution is 2.18. The first kappa shape index (κ1) is 68.4. The molecule has 0 amide bonds. The van der Waals surface area contributed by atoms with E-state index >= 15 is 0 Å². The highest BCUT2D eigenvalue weighted by Gasteiger charge is 2.19. The molecule has 0 heterocycles. The van der Waals surface area contributed by atoms with Crippen LogP contribution in [0.3, 0.4) is 0 Å². The Kier molecular flexibility index (Phi) is 40.0. The Balaban J connectivity index is -0.00000115. The fraction of sp³-hybridized carbons (Fsp3) is 0.930. The molecule has 0 unspecified atom stereocenters. The van der Waals surface area contributed by atoms with Gasteiger partial charge in [0.25, 0.3) is 0 Å². The molecule has 0 aliphatic rings. The maximum Gasteiger partial charge on any atom is 0.0140 e. The van der Waals surface area contributed by atoms with E-state index < -0.39 is 0 Å². The van der Waals surface area contributed by atoms with Crippen LogP contribution in [0.15, 0.2) is 24.3 Å². The summed E-state index contributed by atoms with van der Waals surface area (Å²) in [6.07, 6.45) is 32.4. The standard InChI is InChI=1S/C33H69N5.C12H28N2.C12H27N/c1-10-30(2,3)35-27-19-15-23-32(6,7)36-26-18-13-11-12-14-22-31(4,5)37-28-20-16-24-33(8,9)38-29-21-17-25-34;1-6-12(4,5)14-10-8-7-9-11(2,3)13;1-6-12(4,5)13-10-8-7-9-11(2)3/h13,17-18,21,35-38H,10-12,14-16,19-20,22-29,34H2,1-9H3;14H,6-10,13H2,1-5H3;11,13H,6-10H2,1-5H3/b18-13+,21-17-;;. The Morgan fingerprint density at radius 3 is 1.06 bits per heavy atom. The first-order valence-corrected chi connectivity index (χ1v) is 27.3. The van der Waals surface area contributed by atoms with E-state index in [9.17, 15) is 0 Å². The van der Waals surface area contributed by atoms with Crippen LogP contribution < -0.4 is 43.4 Å². The van der Waals surface area contributed by atoms with Gasteiger partial charge >= 0.3 is 0 Å². The Morgan fingerprint density at radius 1 is 0.385 bits per heavy atom. The van der Waals surface area contributed by atoms with Crippen LogP contribution in [-0.4, -0.2) is 84.6 Å². The Hall–Kier alpha value is -0.840. The van der Waals surface area contributed by atoms with Crippen molar-refractivity contribution in [1.82, 2.24) is 31.9 Å². The summed E-state index contributed by atoms with van der Waals surface area (Å²) in [5, 5.41) is 21.9. The lowest BCUT2D eigenvalue weighted by molar-refractivity contribution is 0.330. The smallest absolute Gasteiger partial charge is 0.0140 e. The average Bonchev–Trinajstić information content (AvgIpc) is 3.19. The number of nitrogens with two attached hydrogens (primary N) is 2. The van der Waals surface area contributed by atoms with Gasteiger partial charge in [0.2, 0.25) is 0 Å². The average molecular weight is 922 g/mol. The number of unbranched alkanes of at least 4 members (excludes halogenated alkanes) is 6. The minimum Gasteiger partial charge on any atom is -0.327 e. The van der Waals surface area contributed by atoms with E-state index in [-0.39, 0.29) is 33.2 Å². The lowest BCUT2D eigenvalue weighted by atomic mass is 9.95. The molecule has 0 rings (SSSR count). The van der Waals surface area contributed by atoms with Crippen LogP contribution in [0.25, 0.3) is 0 Å². The second-order valence-corrected chi connectivity index (χ2v) is 24.5. The molecule has 65 heavy (non-hydrogen) atoms. The van der Waals surface area contributed by atoms with E-state index in [0.29, 0.717) is 12.1 Å². The minimum atomic E-state index is 0.000272. The predicted octanol–water partition coefficient (Wildman–Crippen LogP) is 13.1. The van der Waals surface area contributed by atoms with E-state index in [2.05, 4.69) is 182 Å². The van der Waals surface area contributed by atoms with Gasteiger partial charge in [0.15, 0.2) is 0 Å². The zero-order chi connectivity index (χ0) is 50.5. The summed E-state index contributed by atoms with van der Waals surface area (Å²) in [5.41, 5.74) is 12.9. The molecule has 0 atom stereocenters. The summed E-state index contributed by atoms with van der Waals surface area (Å²) >= 11 is 0. The van der Waals surface area contributed by atoms with Gasteiger partial charge in [0, 0.05) is 58.4 Å². The zero-order valence-corrected chi connectivity index (χ0v) is 47.9. The molecule has 10 N–H and O–H groups in total. The molecule has 8 nitrogen and oxygen atoms in total. The lowest BCUT2D eigenvalue weighted by Crippen LogP contribution is -2.41. The molecule has 0 fully saturated rings. The molecule has 392 valence electrons. The third-order valence-electron chi connectivity index (χ3n) is 13.3. The summed E-state index contributed by atoms with van der Waals surface area (Å²) in [5.74, 6) is 0.860. The van der Waals surface area contributed by atoms with Crippen LogP contribution in [0, 0.1) is 5.92 Å². The van der Waals surface area contributed by atoms with Crippen molar-refractivity contribution in [2.45, 2.75) is 292 Å². The SMILES string of the molecule is CCC(C)(C)NCCCCC(C)(C)N.CCC(C)(C)NCCCCC(C)(C)NC/C=C/CCCCC(C)(C)NCCCCC(C)(C)NC/C=C\CN.CCC(C)(C)NCCCCC(C)C. The van der Waals surface area contributed by atoms with Gasteiger partial charge in [0.05, 0.1) is 0 Å². The van der Waals surface area contributed by atoms with Gasteiger partial charge in [-0.2, -0.15) is 0 Å². The molecule has 0 aliphatic heterocycles. The number of allylic oxidation sites excluding steroid dienone is 1. The third kappa shape index (κ3) is 52.4. The second-order valence-electron chi connectivity index (χ2n) is 24.5. The van der Waals surface area contributed by atoms with E-state index in [1.165, 1.54) is 122 Å². The first-order valence-electron chi connectivity index (χ1n) is 27.3. The lowest BCUT2D eigenvalue weighted by Gasteiger charge is -2.28. The zero-order valence-electron chi connectivity index (χ0n) is 47.9. The van der Waals surface area contributed by atoms with Crippen molar-refractivity contribution in [3.8, 4) is 0 Å². The van der Waals surface area contributed by atoms with Gasteiger partial charge in [-0.15, -0.1) is 0 Å². The molecule has 8 heteroatoms. The van der Waals surface area contributed by atoms with Crippen molar-refractivity contribution in [2.75, 3.05) is 45.8 Å². The van der Waals surface area contributed by atoms with E-state index in [4.69, 9.17) is 11.5 Å². The van der Waals surface area contributed by atoms with E-state index in [0.717, 1.165) is 45.1 Å². The molecule has 0 bridgehead atoms. The third-order valence-corrected chi connectivity index (χ3v) is 13.3. The number of nitrogens with one attached hydrogen (secondary N) is 6. The monoisotopic (exact) mass is 921 g/mol. The van der Waals surface area contributed by atoms with Gasteiger partial charge in [0.1, 0.15) is 0 Å². The van der Waals surface area contributed by atoms with Gasteiger partial charge in [-0.3, -0.25) is 0 Å². The van der Waals surface area contributed by atoms with Crippen LogP contribution in [0.5, 0.6) is 0 Å². The van der Waals surface area contributed by atoms with Crippen LogP contribution in [0.1, 0.15) is 254 Å². The normalized spacial score (nSPS) is 13.4. The number of hydrogen-bond donors (Lipinski definition) is 8. The topological polar surface area (TPSA) is 124 Å². The van der Waals surface area contributed by atoms with Crippen LogP contribution in [-0.2, 0) is 0 Å². The van der Waals surface area contributed by atoms with Gasteiger partial charge < -0.3 is 43.4 Å². The minimum absolute atomic E-state index is 0.000272. The summed E-state index contributed by atoms with van der Waals surface area (Å²) in [7, 11) is 0. The number of rotatable bonds is 39. The summed E-state index contributed by atoms with van der Waals surface area (Å²) < 4.78 is 0. The van der Waals surface area contributed by atoms with Gasteiger partial charge in [-0.05, 0) is 212 Å². The highest BCUT2D eigenvalue weighted by atomic mass is 15.0. The largest absolute Gasteiger partial charge is 0.327 e. The summed E-state index contributed by atoms with van der Waals surface area (Å²) in [6.45, 7) is 50.1. The molecule has 0 radical (unpaired) electrons. The first-order chi connectivity index (χ1) is 30.0. The fourth-order valence-corrected chi connectivity index (χ4v) is 6.99. The van der Waals surface area contributed by atoms with Crippen LogP contribution in [0.4, 0.5) is 0 Å². The molecule has 0 aliphatic carbocycles. The van der Waals surface area contributed by atoms with Crippen molar-refractivity contribution >= 4 is 0 Å². The number of hydrogen-bond acceptors (Lipinski definition) is 8. The van der Waals surface area contributed by atoms with Crippen molar-refractivity contribution in [3.05, 3.63) is 24.3 Å². The van der Waals surface area contributed by atoms with Crippen molar-refractivity contribution < 1.29 is 0 Å². The quantitative estimate of drug-likeness (QED) is 0.0227. The van der Waals surface area contributed by atoms with Crippen molar-refractivity contribution in [2.24, 2.45) is 17.4 Å². The fourth-order valence-electron chi connectivity index (χ4n) is 6.99. The van der Waals surface area contributed by atoms with Gasteiger partial charge in [-0.1, -0.05) is 97.4 Å². The molecule has 0 aromatic rings. The van der Waals surface area contributed by atoms with E-state index in [1.54, 1.807) is 0 Å². The van der Waals surface area contributed by atoms with Crippen molar-refractivity contribution in [1.29, 1.82) is 0 Å². The van der Waals surface area contributed by atoms with Crippen molar-refractivity contribution in [3.63, 3.8) is 0 Å². The van der Waals surface area contributed by atoms with Crippen LogP contribution in [0.2, 0.25) is 0 Å². The Labute approximate surface area is 410 Å². The maximum absolute atomic E-state index is 5.91. The highest BCUT2D eigenvalue weighted by molar-refractivity contribution is 4.90. The van der Waals surface area contributed by atoms with Gasteiger partial charge in [-0.25, -0.2) is 0 Å². The van der Waals surface area contributed by atoms with Crippen LogP contribution >= 0.6 is 0 Å². The molecule has 0 aromatic carbocycles. The Morgan fingerprint density at radius 2 is 0.708 bits per heavy atom. The summed E-state index contributed by atoms with van der Waals surface area (Å²) in [4.78, 5) is 0. The molecule has 0 spiro atoms. The second kappa shape index (κ2) is 38.0. The molecular formula is C57H124N8. The molecule has 0 saturated heterocycles. The Bertz CT molecular complexity index is 1110. The summed E-state index contributed by atoms with van der Waals surface area (Å²) in [6, 6.07) is 0. The van der Waals surface area contributed by atoms with E-state index in [1.807, 2.05) is 6.08 Å². The predicted molar refractivity (Wildman–Crippen MR) is 298 cm³/mol. The maximum atomic E-state index is 5.91.